The second-order valence-corrected chi connectivity index (χ2v) is 7.21. The molecule has 5 heteroatoms. The number of piperidine rings is 1. The fourth-order valence-corrected chi connectivity index (χ4v) is 3.94. The molecule has 2 fully saturated rings. The molecule has 3 atom stereocenters. The van der Waals surface area contributed by atoms with Gasteiger partial charge in [-0.25, -0.2) is 4.39 Å². The van der Waals surface area contributed by atoms with E-state index >= 15 is 0 Å². The summed E-state index contributed by atoms with van der Waals surface area (Å²) in [5, 5.41) is 12.9. The Morgan fingerprint density at radius 1 is 1.29 bits per heavy atom. The number of likely N-dealkylation sites (tertiary alicyclic amines) is 1. The number of aliphatic hydroxyl groups excluding tert-OH is 1. The Balaban J connectivity index is 1.48. The molecule has 3 unspecified atom stereocenters. The largest absolute Gasteiger partial charge is 0.393 e. The summed E-state index contributed by atoms with van der Waals surface area (Å²) in [7, 11) is 0. The summed E-state index contributed by atoms with van der Waals surface area (Å²) in [6.07, 6.45) is 4.52. The first-order valence-electron chi connectivity index (χ1n) is 9.04. The van der Waals surface area contributed by atoms with E-state index in [-0.39, 0.29) is 29.7 Å². The number of rotatable bonds is 5. The first-order valence-corrected chi connectivity index (χ1v) is 9.04. The van der Waals surface area contributed by atoms with Crippen LogP contribution in [0.3, 0.4) is 0 Å². The minimum absolute atomic E-state index is 0.00847. The van der Waals surface area contributed by atoms with Crippen LogP contribution in [-0.2, 0) is 11.3 Å². The molecular formula is C19H27FN2O2. The number of hydrogen-bond acceptors (Lipinski definition) is 3. The third-order valence-corrected chi connectivity index (χ3v) is 5.33. The van der Waals surface area contributed by atoms with Crippen LogP contribution in [0.25, 0.3) is 0 Å². The molecule has 1 saturated carbocycles. The van der Waals surface area contributed by atoms with Crippen LogP contribution in [-0.4, -0.2) is 41.7 Å². The second kappa shape index (κ2) is 8.08. The molecule has 0 spiro atoms. The number of aliphatic hydroxyl groups is 1. The van der Waals surface area contributed by atoms with Crippen molar-refractivity contribution in [1.29, 1.82) is 0 Å². The fraction of sp³-hybridized carbons (Fsp3) is 0.632. The molecule has 1 aromatic carbocycles. The van der Waals surface area contributed by atoms with E-state index in [1.807, 2.05) is 6.07 Å². The van der Waals surface area contributed by atoms with E-state index in [0.717, 1.165) is 50.8 Å². The van der Waals surface area contributed by atoms with Gasteiger partial charge in [0.25, 0.3) is 0 Å². The summed E-state index contributed by atoms with van der Waals surface area (Å²) in [5.41, 5.74) is 0.949. The van der Waals surface area contributed by atoms with Crippen LogP contribution in [0.1, 0.15) is 37.7 Å². The van der Waals surface area contributed by atoms with Crippen molar-refractivity contribution in [3.05, 3.63) is 35.6 Å². The highest BCUT2D eigenvalue weighted by Gasteiger charge is 2.29. The van der Waals surface area contributed by atoms with E-state index in [4.69, 9.17) is 0 Å². The monoisotopic (exact) mass is 334 g/mol. The number of hydrogen-bond donors (Lipinski definition) is 2. The van der Waals surface area contributed by atoms with Crippen molar-refractivity contribution in [3.8, 4) is 0 Å². The maximum Gasteiger partial charge on any atom is 0.224 e. The molecule has 1 saturated heterocycles. The molecule has 1 aromatic rings. The lowest BCUT2D eigenvalue weighted by atomic mass is 9.96. The highest BCUT2D eigenvalue weighted by molar-refractivity contribution is 5.79. The lowest BCUT2D eigenvalue weighted by Crippen LogP contribution is -2.44. The van der Waals surface area contributed by atoms with Gasteiger partial charge >= 0.3 is 0 Å². The number of nitrogens with zero attached hydrogens (tertiary/aromatic N) is 1. The Morgan fingerprint density at radius 2 is 2.17 bits per heavy atom. The average Bonchev–Trinajstić information content (AvgIpc) is 2.98. The molecule has 24 heavy (non-hydrogen) atoms. The van der Waals surface area contributed by atoms with Gasteiger partial charge < -0.3 is 10.4 Å². The fourth-order valence-electron chi connectivity index (χ4n) is 3.94. The van der Waals surface area contributed by atoms with Gasteiger partial charge in [-0.1, -0.05) is 18.6 Å². The van der Waals surface area contributed by atoms with Gasteiger partial charge in [0.1, 0.15) is 5.82 Å². The first-order chi connectivity index (χ1) is 11.6. The topological polar surface area (TPSA) is 52.6 Å². The van der Waals surface area contributed by atoms with Gasteiger partial charge in [0, 0.05) is 25.6 Å². The van der Waals surface area contributed by atoms with Gasteiger partial charge in [-0.2, -0.15) is 0 Å². The molecular weight excluding hydrogens is 307 g/mol. The Kier molecular flexibility index (Phi) is 5.85. The zero-order valence-electron chi connectivity index (χ0n) is 14.1. The van der Waals surface area contributed by atoms with Crippen LogP contribution in [0, 0.1) is 17.7 Å². The van der Waals surface area contributed by atoms with Crippen LogP contribution < -0.4 is 5.32 Å². The maximum atomic E-state index is 13.3. The molecule has 132 valence electrons. The number of amides is 1. The third-order valence-electron chi connectivity index (χ3n) is 5.33. The van der Waals surface area contributed by atoms with E-state index in [0.29, 0.717) is 13.1 Å². The minimum Gasteiger partial charge on any atom is -0.393 e. The smallest absolute Gasteiger partial charge is 0.224 e. The van der Waals surface area contributed by atoms with Crippen molar-refractivity contribution in [2.75, 3.05) is 19.6 Å². The van der Waals surface area contributed by atoms with Crippen LogP contribution in [0.15, 0.2) is 24.3 Å². The molecule has 4 nitrogen and oxygen atoms in total. The number of carbonyl (C=O) groups excluding carboxylic acids is 1. The summed E-state index contributed by atoms with van der Waals surface area (Å²) in [4.78, 5) is 14.7. The normalized spacial score (nSPS) is 28.0. The van der Waals surface area contributed by atoms with E-state index in [9.17, 15) is 14.3 Å². The molecule has 3 rings (SSSR count). The summed E-state index contributed by atoms with van der Waals surface area (Å²) >= 11 is 0. The van der Waals surface area contributed by atoms with Crippen LogP contribution in [0.2, 0.25) is 0 Å². The van der Waals surface area contributed by atoms with Gasteiger partial charge in [0.05, 0.1) is 12.0 Å². The number of halogens is 1. The highest BCUT2D eigenvalue weighted by atomic mass is 19.1. The number of carbonyl (C=O) groups is 1. The summed E-state index contributed by atoms with van der Waals surface area (Å²) in [6.45, 7) is 2.93. The van der Waals surface area contributed by atoms with E-state index in [2.05, 4.69) is 10.2 Å². The average molecular weight is 334 g/mol. The zero-order chi connectivity index (χ0) is 16.9. The van der Waals surface area contributed by atoms with Crippen molar-refractivity contribution < 1.29 is 14.3 Å². The van der Waals surface area contributed by atoms with Gasteiger partial charge in [-0.3, -0.25) is 9.69 Å². The molecule has 1 aliphatic heterocycles. The van der Waals surface area contributed by atoms with Crippen molar-refractivity contribution in [3.63, 3.8) is 0 Å². The van der Waals surface area contributed by atoms with Gasteiger partial charge in [-0.05, 0) is 49.9 Å². The van der Waals surface area contributed by atoms with Crippen LogP contribution in [0.4, 0.5) is 4.39 Å². The molecule has 2 N–H and O–H groups in total. The molecule has 0 bridgehead atoms. The van der Waals surface area contributed by atoms with Gasteiger partial charge in [-0.15, -0.1) is 0 Å². The molecule has 1 amide bonds. The van der Waals surface area contributed by atoms with Crippen molar-refractivity contribution in [2.24, 2.45) is 11.8 Å². The van der Waals surface area contributed by atoms with Crippen molar-refractivity contribution in [2.45, 2.75) is 44.8 Å². The Bertz CT molecular complexity index is 566. The molecule has 1 aliphatic carbocycles. The van der Waals surface area contributed by atoms with E-state index in [1.165, 1.54) is 6.07 Å². The Labute approximate surface area is 143 Å². The first kappa shape index (κ1) is 17.4. The maximum absolute atomic E-state index is 13.3. The lowest BCUT2D eigenvalue weighted by Gasteiger charge is -2.32. The van der Waals surface area contributed by atoms with E-state index in [1.54, 1.807) is 12.1 Å². The Hall–Kier alpha value is -1.46. The quantitative estimate of drug-likeness (QED) is 0.869. The predicted octanol–water partition coefficient (Wildman–Crippen LogP) is 2.31. The molecule has 2 aliphatic rings. The molecule has 0 aromatic heterocycles. The standard InChI is InChI=1S/C19H27FN2O2/c20-17-7-1-4-14(10-17)12-22-9-3-6-16(13-22)19(24)21-11-15-5-2-8-18(15)23/h1,4,7,10,15-16,18,23H,2-3,5-6,8-9,11-13H2,(H,21,24). The summed E-state index contributed by atoms with van der Waals surface area (Å²) < 4.78 is 13.3. The summed E-state index contributed by atoms with van der Waals surface area (Å²) in [6, 6.07) is 6.67. The van der Waals surface area contributed by atoms with E-state index < -0.39 is 0 Å². The third kappa shape index (κ3) is 4.54. The number of nitrogens with one attached hydrogen (secondary N) is 1. The number of benzene rings is 1. The second-order valence-electron chi connectivity index (χ2n) is 7.21. The van der Waals surface area contributed by atoms with Crippen LogP contribution in [0.5, 0.6) is 0 Å². The predicted molar refractivity (Wildman–Crippen MR) is 90.8 cm³/mol. The molecule has 0 radical (unpaired) electrons. The van der Waals surface area contributed by atoms with Crippen molar-refractivity contribution in [1.82, 2.24) is 10.2 Å². The molecule has 1 heterocycles. The van der Waals surface area contributed by atoms with Gasteiger partial charge in [0.2, 0.25) is 5.91 Å². The lowest BCUT2D eigenvalue weighted by molar-refractivity contribution is -0.127. The SMILES string of the molecule is O=C(NCC1CCCC1O)C1CCCN(Cc2cccc(F)c2)C1. The highest BCUT2D eigenvalue weighted by Crippen LogP contribution is 2.25. The van der Waals surface area contributed by atoms with Gasteiger partial charge in [0.15, 0.2) is 0 Å². The summed E-state index contributed by atoms with van der Waals surface area (Å²) in [5.74, 6) is 0.0822. The van der Waals surface area contributed by atoms with Crippen molar-refractivity contribution >= 4 is 5.91 Å². The van der Waals surface area contributed by atoms with Crippen LogP contribution >= 0.6 is 0 Å². The zero-order valence-corrected chi connectivity index (χ0v) is 14.1. The minimum atomic E-state index is -0.263. The Morgan fingerprint density at radius 3 is 2.92 bits per heavy atom.